The standard InChI is InChI=1S/C17H19N3O4/c1-22-13-3-5-14(6-4-13)24-16-7-2-12(10-19-16)20-17(21)15-11-23-9-8-18-15/h2-7,10,15,18H,8-9,11H2,1H3,(H,20,21). The van der Waals surface area contributed by atoms with E-state index >= 15 is 0 Å². The van der Waals surface area contributed by atoms with Gasteiger partial charge in [-0.1, -0.05) is 0 Å². The second-order valence-corrected chi connectivity index (χ2v) is 5.23. The van der Waals surface area contributed by atoms with Gasteiger partial charge in [0.2, 0.25) is 11.8 Å². The molecule has 7 heteroatoms. The Hall–Kier alpha value is -2.64. The molecule has 1 aliphatic rings. The van der Waals surface area contributed by atoms with Gasteiger partial charge in [0.25, 0.3) is 0 Å². The van der Waals surface area contributed by atoms with E-state index in [0.717, 1.165) is 5.75 Å². The third kappa shape index (κ3) is 4.21. The summed E-state index contributed by atoms with van der Waals surface area (Å²) >= 11 is 0. The Balaban J connectivity index is 1.57. The number of carbonyl (C=O) groups is 1. The van der Waals surface area contributed by atoms with Gasteiger partial charge in [-0.3, -0.25) is 4.79 Å². The van der Waals surface area contributed by atoms with Crippen molar-refractivity contribution in [1.82, 2.24) is 10.3 Å². The zero-order valence-electron chi connectivity index (χ0n) is 13.3. The Kier molecular flexibility index (Phi) is 5.25. The molecule has 2 aromatic rings. The largest absolute Gasteiger partial charge is 0.497 e. The van der Waals surface area contributed by atoms with Crippen LogP contribution in [-0.2, 0) is 9.53 Å². The molecule has 1 aromatic carbocycles. The summed E-state index contributed by atoms with van der Waals surface area (Å²) in [5.41, 5.74) is 0.606. The lowest BCUT2D eigenvalue weighted by molar-refractivity contribution is -0.120. The fourth-order valence-corrected chi connectivity index (χ4v) is 2.24. The number of anilines is 1. The number of benzene rings is 1. The van der Waals surface area contributed by atoms with Crippen molar-refractivity contribution in [2.75, 3.05) is 32.2 Å². The number of nitrogens with zero attached hydrogens (tertiary/aromatic N) is 1. The monoisotopic (exact) mass is 329 g/mol. The number of hydrogen-bond donors (Lipinski definition) is 2. The zero-order chi connectivity index (χ0) is 16.8. The average Bonchev–Trinajstić information content (AvgIpc) is 2.65. The molecule has 1 saturated heterocycles. The van der Waals surface area contributed by atoms with E-state index in [1.165, 1.54) is 0 Å². The number of morpholine rings is 1. The van der Waals surface area contributed by atoms with E-state index in [4.69, 9.17) is 14.2 Å². The maximum Gasteiger partial charge on any atom is 0.243 e. The van der Waals surface area contributed by atoms with Gasteiger partial charge < -0.3 is 24.8 Å². The van der Waals surface area contributed by atoms with Crippen molar-refractivity contribution < 1.29 is 19.0 Å². The van der Waals surface area contributed by atoms with E-state index in [1.54, 1.807) is 37.6 Å². The van der Waals surface area contributed by atoms with Crippen molar-refractivity contribution in [3.63, 3.8) is 0 Å². The molecule has 1 aromatic heterocycles. The second-order valence-electron chi connectivity index (χ2n) is 5.23. The number of hydrogen-bond acceptors (Lipinski definition) is 6. The van der Waals surface area contributed by atoms with Gasteiger partial charge in [0.1, 0.15) is 17.5 Å². The van der Waals surface area contributed by atoms with Crippen molar-refractivity contribution in [3.8, 4) is 17.4 Å². The molecule has 2 N–H and O–H groups in total. The van der Waals surface area contributed by atoms with Gasteiger partial charge in [0.05, 0.1) is 32.2 Å². The van der Waals surface area contributed by atoms with Crippen molar-refractivity contribution in [3.05, 3.63) is 42.6 Å². The first kappa shape index (κ1) is 16.2. The minimum Gasteiger partial charge on any atom is -0.497 e. The van der Waals surface area contributed by atoms with Gasteiger partial charge in [-0.15, -0.1) is 0 Å². The van der Waals surface area contributed by atoms with Gasteiger partial charge in [-0.05, 0) is 30.3 Å². The Morgan fingerprint density at radius 1 is 1.25 bits per heavy atom. The van der Waals surface area contributed by atoms with E-state index in [2.05, 4.69) is 15.6 Å². The number of carbonyl (C=O) groups excluding carboxylic acids is 1. The third-order valence-electron chi connectivity index (χ3n) is 3.52. The Labute approximate surface area is 139 Å². The minimum absolute atomic E-state index is 0.139. The highest BCUT2D eigenvalue weighted by molar-refractivity contribution is 5.94. The molecule has 3 rings (SSSR count). The lowest BCUT2D eigenvalue weighted by Gasteiger charge is -2.22. The van der Waals surface area contributed by atoms with E-state index in [1.807, 2.05) is 12.1 Å². The first-order valence-corrected chi connectivity index (χ1v) is 7.64. The molecular formula is C17H19N3O4. The average molecular weight is 329 g/mol. The number of pyridine rings is 1. The number of methoxy groups -OCH3 is 1. The van der Waals surface area contributed by atoms with E-state index in [9.17, 15) is 4.79 Å². The fraction of sp³-hybridized carbons (Fsp3) is 0.294. The van der Waals surface area contributed by atoms with Crippen LogP contribution in [0, 0.1) is 0 Å². The predicted octanol–water partition coefficient (Wildman–Crippen LogP) is 1.81. The SMILES string of the molecule is COc1ccc(Oc2ccc(NC(=O)C3COCCN3)cn2)cc1. The highest BCUT2D eigenvalue weighted by Crippen LogP contribution is 2.23. The van der Waals surface area contributed by atoms with Crippen molar-refractivity contribution in [2.45, 2.75) is 6.04 Å². The van der Waals surface area contributed by atoms with Crippen LogP contribution in [0.5, 0.6) is 17.4 Å². The molecule has 0 radical (unpaired) electrons. The second kappa shape index (κ2) is 7.76. The van der Waals surface area contributed by atoms with Crippen LogP contribution >= 0.6 is 0 Å². The summed E-state index contributed by atoms with van der Waals surface area (Å²) in [4.78, 5) is 16.3. The van der Waals surface area contributed by atoms with Gasteiger partial charge in [0, 0.05) is 12.6 Å². The van der Waals surface area contributed by atoms with Crippen LogP contribution in [0.2, 0.25) is 0 Å². The van der Waals surface area contributed by atoms with Crippen molar-refractivity contribution >= 4 is 11.6 Å². The Morgan fingerprint density at radius 3 is 2.67 bits per heavy atom. The minimum atomic E-state index is -0.339. The maximum atomic E-state index is 12.1. The molecule has 0 bridgehead atoms. The molecule has 1 unspecified atom stereocenters. The molecule has 1 aliphatic heterocycles. The predicted molar refractivity (Wildman–Crippen MR) is 88.5 cm³/mol. The maximum absolute atomic E-state index is 12.1. The molecule has 2 heterocycles. The van der Waals surface area contributed by atoms with Crippen molar-refractivity contribution in [1.29, 1.82) is 0 Å². The lowest BCUT2D eigenvalue weighted by Crippen LogP contribution is -2.48. The molecule has 1 amide bonds. The molecule has 1 fully saturated rings. The molecule has 126 valence electrons. The quantitative estimate of drug-likeness (QED) is 0.871. The molecule has 1 atom stereocenters. The number of rotatable bonds is 5. The fourth-order valence-electron chi connectivity index (χ4n) is 2.24. The van der Waals surface area contributed by atoms with E-state index < -0.39 is 0 Å². The summed E-state index contributed by atoms with van der Waals surface area (Å²) in [7, 11) is 1.61. The first-order chi connectivity index (χ1) is 11.7. The van der Waals surface area contributed by atoms with Gasteiger partial charge in [-0.2, -0.15) is 0 Å². The van der Waals surface area contributed by atoms with Crippen LogP contribution in [0.25, 0.3) is 0 Å². The van der Waals surface area contributed by atoms with Crippen LogP contribution < -0.4 is 20.1 Å². The number of nitrogens with one attached hydrogen (secondary N) is 2. The smallest absolute Gasteiger partial charge is 0.243 e. The number of aromatic nitrogens is 1. The van der Waals surface area contributed by atoms with Crippen LogP contribution in [-0.4, -0.2) is 43.8 Å². The summed E-state index contributed by atoms with van der Waals surface area (Å²) in [6.07, 6.45) is 1.56. The van der Waals surface area contributed by atoms with Crippen LogP contribution in [0.15, 0.2) is 42.6 Å². The molecule has 0 spiro atoms. The Morgan fingerprint density at radius 2 is 2.04 bits per heavy atom. The Bertz CT molecular complexity index is 667. The van der Waals surface area contributed by atoms with Crippen LogP contribution in [0.1, 0.15) is 0 Å². The topological polar surface area (TPSA) is 81.7 Å². The summed E-state index contributed by atoms with van der Waals surface area (Å²) in [6.45, 7) is 1.67. The normalized spacial score (nSPS) is 17.1. The van der Waals surface area contributed by atoms with Crippen molar-refractivity contribution in [2.24, 2.45) is 0 Å². The summed E-state index contributed by atoms with van der Waals surface area (Å²) in [6, 6.07) is 10.3. The van der Waals surface area contributed by atoms with Gasteiger partial charge >= 0.3 is 0 Å². The first-order valence-electron chi connectivity index (χ1n) is 7.64. The highest BCUT2D eigenvalue weighted by Gasteiger charge is 2.21. The molecular weight excluding hydrogens is 310 g/mol. The zero-order valence-corrected chi connectivity index (χ0v) is 13.3. The summed E-state index contributed by atoms with van der Waals surface area (Å²) in [5.74, 6) is 1.72. The number of ether oxygens (including phenoxy) is 3. The van der Waals surface area contributed by atoms with E-state index in [0.29, 0.717) is 37.1 Å². The number of amides is 1. The van der Waals surface area contributed by atoms with Crippen LogP contribution in [0.3, 0.4) is 0 Å². The van der Waals surface area contributed by atoms with Gasteiger partial charge in [0.15, 0.2) is 0 Å². The van der Waals surface area contributed by atoms with E-state index in [-0.39, 0.29) is 11.9 Å². The molecule has 0 aliphatic carbocycles. The highest BCUT2D eigenvalue weighted by atomic mass is 16.5. The molecule has 0 saturated carbocycles. The third-order valence-corrected chi connectivity index (χ3v) is 3.52. The van der Waals surface area contributed by atoms with Crippen LogP contribution in [0.4, 0.5) is 5.69 Å². The summed E-state index contributed by atoms with van der Waals surface area (Å²) in [5, 5.41) is 5.90. The lowest BCUT2D eigenvalue weighted by atomic mass is 10.2. The summed E-state index contributed by atoms with van der Waals surface area (Å²) < 4.78 is 16.0. The van der Waals surface area contributed by atoms with Gasteiger partial charge in [-0.25, -0.2) is 4.98 Å². The molecule has 24 heavy (non-hydrogen) atoms. The molecule has 7 nitrogen and oxygen atoms in total.